The largest absolute Gasteiger partial charge is 0.389 e. The Hall–Kier alpha value is -0.950. The molecule has 0 amide bonds. The molecule has 0 aliphatic carbocycles. The third kappa shape index (κ3) is 5.57. The van der Waals surface area contributed by atoms with E-state index in [2.05, 4.69) is 4.90 Å². The second-order valence-corrected chi connectivity index (χ2v) is 8.90. The van der Waals surface area contributed by atoms with Crippen molar-refractivity contribution < 1.29 is 13.5 Å². The van der Waals surface area contributed by atoms with E-state index in [1.54, 1.807) is 24.3 Å². The molecular formula is C17H28N2O3S. The zero-order valence-electron chi connectivity index (χ0n) is 14.1. The molecule has 6 heteroatoms. The van der Waals surface area contributed by atoms with Gasteiger partial charge in [0.25, 0.3) is 0 Å². The first-order valence-electron chi connectivity index (χ1n) is 8.18. The average Bonchev–Trinajstić information content (AvgIpc) is 2.67. The summed E-state index contributed by atoms with van der Waals surface area (Å²) in [6.45, 7) is 2.77. The first-order valence-corrected chi connectivity index (χ1v) is 9.83. The molecule has 0 saturated carbocycles. The molecule has 5 nitrogen and oxygen atoms in total. The molecule has 1 aliphatic rings. The Labute approximate surface area is 139 Å². The number of likely N-dealkylation sites (tertiary alicyclic amines) is 1. The molecule has 0 spiro atoms. The van der Waals surface area contributed by atoms with Crippen LogP contribution in [0.5, 0.6) is 0 Å². The number of likely N-dealkylation sites (N-methyl/N-ethyl adjacent to an activating group) is 1. The standard InChI is InChI=1S/C17H28N2O3S/c1-18(2)15-17(20)9-6-11-19(12-10-17)13-14-23(21,22)16-7-4-3-5-8-16/h3-5,7-8,20H,6,9-15H2,1-2H3/t17-/m0/s1. The van der Waals surface area contributed by atoms with Crippen molar-refractivity contribution in [2.75, 3.05) is 46.0 Å². The molecule has 0 unspecified atom stereocenters. The lowest BCUT2D eigenvalue weighted by atomic mass is 9.94. The number of hydrogen-bond acceptors (Lipinski definition) is 5. The van der Waals surface area contributed by atoms with Crippen LogP contribution in [0.2, 0.25) is 0 Å². The van der Waals surface area contributed by atoms with Gasteiger partial charge in [0, 0.05) is 19.6 Å². The Balaban J connectivity index is 1.90. The van der Waals surface area contributed by atoms with E-state index in [9.17, 15) is 13.5 Å². The lowest BCUT2D eigenvalue weighted by molar-refractivity contribution is 0.00288. The van der Waals surface area contributed by atoms with Crippen LogP contribution in [-0.2, 0) is 9.84 Å². The van der Waals surface area contributed by atoms with Gasteiger partial charge in [0.1, 0.15) is 0 Å². The van der Waals surface area contributed by atoms with Crippen LogP contribution in [0.4, 0.5) is 0 Å². The molecule has 1 heterocycles. The van der Waals surface area contributed by atoms with Crippen LogP contribution in [-0.4, -0.2) is 75.0 Å². The normalized spacial score (nSPS) is 23.8. The Bertz CT molecular complexity index is 589. The Kier molecular flexibility index (Phi) is 6.19. The fraction of sp³-hybridized carbons (Fsp3) is 0.647. The molecule has 1 aliphatic heterocycles. The summed E-state index contributed by atoms with van der Waals surface area (Å²) in [7, 11) is 0.699. The molecule has 1 N–H and O–H groups in total. The fourth-order valence-corrected chi connectivity index (χ4v) is 4.51. The average molecular weight is 340 g/mol. The first-order chi connectivity index (χ1) is 10.8. The maximum atomic E-state index is 12.4. The second-order valence-electron chi connectivity index (χ2n) is 6.79. The maximum Gasteiger partial charge on any atom is 0.179 e. The van der Waals surface area contributed by atoms with Crippen molar-refractivity contribution in [3.63, 3.8) is 0 Å². The SMILES string of the molecule is CN(C)C[C@]1(O)CCCN(CCS(=O)(=O)c2ccccc2)CC1. The molecule has 1 saturated heterocycles. The quantitative estimate of drug-likeness (QED) is 0.844. The summed E-state index contributed by atoms with van der Waals surface area (Å²) in [4.78, 5) is 4.56. The predicted octanol–water partition coefficient (Wildman–Crippen LogP) is 1.24. The highest BCUT2D eigenvalue weighted by Gasteiger charge is 2.30. The van der Waals surface area contributed by atoms with Crippen LogP contribution in [0.25, 0.3) is 0 Å². The van der Waals surface area contributed by atoms with Gasteiger partial charge in [-0.15, -0.1) is 0 Å². The number of benzene rings is 1. The van der Waals surface area contributed by atoms with Gasteiger partial charge in [0.2, 0.25) is 0 Å². The molecular weight excluding hydrogens is 312 g/mol. The fourth-order valence-electron chi connectivity index (χ4n) is 3.20. The number of hydrogen-bond donors (Lipinski definition) is 1. The van der Waals surface area contributed by atoms with E-state index in [0.29, 0.717) is 24.4 Å². The van der Waals surface area contributed by atoms with Crippen LogP contribution in [0, 0.1) is 0 Å². The van der Waals surface area contributed by atoms with Gasteiger partial charge in [-0.2, -0.15) is 0 Å². The van der Waals surface area contributed by atoms with Gasteiger partial charge in [-0.25, -0.2) is 8.42 Å². The van der Waals surface area contributed by atoms with E-state index in [1.165, 1.54) is 0 Å². The summed E-state index contributed by atoms with van der Waals surface area (Å²) in [5.74, 6) is 0.128. The maximum absolute atomic E-state index is 12.4. The minimum absolute atomic E-state index is 0.128. The zero-order chi connectivity index (χ0) is 16.9. The van der Waals surface area contributed by atoms with Crippen molar-refractivity contribution >= 4 is 9.84 Å². The van der Waals surface area contributed by atoms with Crippen molar-refractivity contribution in [3.8, 4) is 0 Å². The lowest BCUT2D eigenvalue weighted by Gasteiger charge is -2.30. The minimum atomic E-state index is -3.23. The molecule has 130 valence electrons. The Morgan fingerprint density at radius 3 is 2.52 bits per heavy atom. The van der Waals surface area contributed by atoms with Gasteiger partial charge < -0.3 is 14.9 Å². The lowest BCUT2D eigenvalue weighted by Crippen LogP contribution is -2.41. The summed E-state index contributed by atoms with van der Waals surface area (Å²) in [5.41, 5.74) is -0.656. The van der Waals surface area contributed by atoms with Gasteiger partial charge in [-0.05, 0) is 52.0 Å². The molecule has 0 bridgehead atoms. The molecule has 1 fully saturated rings. The molecule has 1 aromatic carbocycles. The summed E-state index contributed by atoms with van der Waals surface area (Å²) in [6, 6.07) is 8.61. The van der Waals surface area contributed by atoms with Crippen LogP contribution < -0.4 is 0 Å². The monoisotopic (exact) mass is 340 g/mol. The highest BCUT2D eigenvalue weighted by Crippen LogP contribution is 2.23. The van der Waals surface area contributed by atoms with Gasteiger partial charge >= 0.3 is 0 Å². The van der Waals surface area contributed by atoms with Crippen molar-refractivity contribution in [1.29, 1.82) is 0 Å². The Morgan fingerprint density at radius 1 is 1.17 bits per heavy atom. The third-order valence-electron chi connectivity index (χ3n) is 4.40. The minimum Gasteiger partial charge on any atom is -0.389 e. The van der Waals surface area contributed by atoms with E-state index < -0.39 is 15.4 Å². The number of sulfone groups is 1. The molecule has 1 aromatic rings. The van der Waals surface area contributed by atoms with Crippen LogP contribution in [0.1, 0.15) is 19.3 Å². The Morgan fingerprint density at radius 2 is 1.87 bits per heavy atom. The highest BCUT2D eigenvalue weighted by molar-refractivity contribution is 7.91. The summed E-state index contributed by atoms with van der Waals surface area (Å²) in [5, 5.41) is 10.7. The second kappa shape index (κ2) is 7.75. The van der Waals surface area contributed by atoms with E-state index in [-0.39, 0.29) is 5.75 Å². The molecule has 0 aromatic heterocycles. The van der Waals surface area contributed by atoms with Crippen LogP contribution in [0.3, 0.4) is 0 Å². The first kappa shape index (κ1) is 18.4. The molecule has 0 radical (unpaired) electrons. The van der Waals surface area contributed by atoms with Crippen molar-refractivity contribution in [2.45, 2.75) is 29.8 Å². The summed E-state index contributed by atoms with van der Waals surface area (Å²) >= 11 is 0. The molecule has 1 atom stereocenters. The number of aliphatic hydroxyl groups is 1. The van der Waals surface area contributed by atoms with Crippen LogP contribution >= 0.6 is 0 Å². The van der Waals surface area contributed by atoms with Gasteiger partial charge in [0.05, 0.1) is 16.2 Å². The van der Waals surface area contributed by atoms with E-state index in [0.717, 1.165) is 25.9 Å². The smallest absolute Gasteiger partial charge is 0.179 e. The van der Waals surface area contributed by atoms with Crippen molar-refractivity contribution in [3.05, 3.63) is 30.3 Å². The van der Waals surface area contributed by atoms with E-state index in [1.807, 2.05) is 25.1 Å². The molecule has 2 rings (SSSR count). The summed E-state index contributed by atoms with van der Waals surface area (Å²) in [6.07, 6.45) is 2.36. The molecule has 23 heavy (non-hydrogen) atoms. The third-order valence-corrected chi connectivity index (χ3v) is 6.11. The van der Waals surface area contributed by atoms with Gasteiger partial charge in [-0.3, -0.25) is 0 Å². The number of rotatable bonds is 6. The summed E-state index contributed by atoms with van der Waals surface area (Å²) < 4.78 is 24.7. The number of nitrogens with zero attached hydrogens (tertiary/aromatic N) is 2. The predicted molar refractivity (Wildman–Crippen MR) is 92.3 cm³/mol. The van der Waals surface area contributed by atoms with E-state index >= 15 is 0 Å². The topological polar surface area (TPSA) is 60.9 Å². The van der Waals surface area contributed by atoms with Crippen LogP contribution in [0.15, 0.2) is 35.2 Å². The van der Waals surface area contributed by atoms with E-state index in [4.69, 9.17) is 0 Å². The highest BCUT2D eigenvalue weighted by atomic mass is 32.2. The zero-order valence-corrected chi connectivity index (χ0v) is 14.9. The van der Waals surface area contributed by atoms with Gasteiger partial charge in [-0.1, -0.05) is 18.2 Å². The van der Waals surface area contributed by atoms with Crippen molar-refractivity contribution in [1.82, 2.24) is 9.80 Å². The van der Waals surface area contributed by atoms with Gasteiger partial charge in [0.15, 0.2) is 9.84 Å². The van der Waals surface area contributed by atoms with Crippen molar-refractivity contribution in [2.24, 2.45) is 0 Å².